The van der Waals surface area contributed by atoms with E-state index in [-0.39, 0.29) is 0 Å². The Morgan fingerprint density at radius 2 is 1.04 bits per heavy atom. The summed E-state index contributed by atoms with van der Waals surface area (Å²) in [5.41, 5.74) is 14.3. The molecule has 0 aliphatic heterocycles. The summed E-state index contributed by atoms with van der Waals surface area (Å²) in [7, 11) is 0. The van der Waals surface area contributed by atoms with Crippen molar-refractivity contribution in [2.45, 2.75) is 12.8 Å². The number of para-hydroxylation sites is 1. The fourth-order valence-corrected chi connectivity index (χ4v) is 9.39. The minimum absolute atomic E-state index is 0.877. The highest BCUT2D eigenvalue weighted by atomic mass is 16.3. The quantitative estimate of drug-likeness (QED) is 0.177. The van der Waals surface area contributed by atoms with Crippen LogP contribution in [0.2, 0.25) is 0 Å². The van der Waals surface area contributed by atoms with Gasteiger partial charge in [-0.05, 0) is 105 Å². The molecule has 3 nitrogen and oxygen atoms in total. The highest BCUT2D eigenvalue weighted by Crippen LogP contribution is 2.50. The number of fused-ring (bicyclic) bond motifs is 10. The molecule has 0 N–H and O–H groups in total. The molecule has 0 radical (unpaired) electrons. The molecule has 9 aromatic carbocycles. The van der Waals surface area contributed by atoms with Crippen LogP contribution in [-0.2, 0) is 12.8 Å². The fourth-order valence-electron chi connectivity index (χ4n) is 9.39. The van der Waals surface area contributed by atoms with Crippen molar-refractivity contribution >= 4 is 71.5 Å². The van der Waals surface area contributed by atoms with Crippen LogP contribution < -0.4 is 4.90 Å². The molecule has 11 aromatic rings. The normalized spacial score (nSPS) is 12.4. The van der Waals surface area contributed by atoms with Crippen LogP contribution in [0.1, 0.15) is 11.1 Å². The molecule has 2 heterocycles. The summed E-state index contributed by atoms with van der Waals surface area (Å²) >= 11 is 0. The Labute approximate surface area is 329 Å². The SMILES string of the molecule is c1cc(-c2cccc3ccccc23)cc(N(c2ccccc2-c2cccc3oc4cc5ccccc5cc4c23)c2cccc3oc4c(c23)CCc2ccccc2-4)c1. The van der Waals surface area contributed by atoms with Crippen LogP contribution in [0.25, 0.3) is 88.0 Å². The number of aryl methyl sites for hydroxylation is 2. The van der Waals surface area contributed by atoms with E-state index >= 15 is 0 Å². The maximum Gasteiger partial charge on any atom is 0.138 e. The molecular formula is C54H35NO2. The van der Waals surface area contributed by atoms with Crippen molar-refractivity contribution in [2.24, 2.45) is 0 Å². The summed E-state index contributed by atoms with van der Waals surface area (Å²) in [5, 5.41) is 8.22. The van der Waals surface area contributed by atoms with Gasteiger partial charge in [-0.3, -0.25) is 0 Å². The van der Waals surface area contributed by atoms with E-state index in [0.29, 0.717) is 0 Å². The maximum absolute atomic E-state index is 6.83. The molecule has 0 fully saturated rings. The zero-order chi connectivity index (χ0) is 37.5. The van der Waals surface area contributed by atoms with Crippen LogP contribution in [0.15, 0.2) is 197 Å². The van der Waals surface area contributed by atoms with Gasteiger partial charge in [0.15, 0.2) is 0 Å². The lowest BCUT2D eigenvalue weighted by atomic mass is 9.89. The second-order valence-electron chi connectivity index (χ2n) is 15.1. The largest absolute Gasteiger partial charge is 0.456 e. The Morgan fingerprint density at radius 1 is 0.386 bits per heavy atom. The fraction of sp³-hybridized carbons (Fsp3) is 0.0370. The molecule has 0 saturated heterocycles. The van der Waals surface area contributed by atoms with E-state index in [1.807, 2.05) is 0 Å². The monoisotopic (exact) mass is 729 g/mol. The third-order valence-electron chi connectivity index (χ3n) is 11.9. The topological polar surface area (TPSA) is 29.5 Å². The first-order valence-corrected chi connectivity index (χ1v) is 19.7. The third-order valence-corrected chi connectivity index (χ3v) is 11.9. The average Bonchev–Trinajstić information content (AvgIpc) is 3.84. The molecule has 268 valence electrons. The van der Waals surface area contributed by atoms with Crippen molar-refractivity contribution in [3.05, 3.63) is 199 Å². The standard InChI is InChI=1S/C54H35NO2/c1-2-16-37-33-51-46(32-36(37)15-1)52-44(24-11-27-49(52)56-51)43-22-7-8-25-47(43)55(39-19-9-18-38(31-39)41-23-10-17-34-13-3-5-20-40(34)41)48-26-12-28-50-53(48)45-30-29-35-14-4-6-21-42(35)54(45)57-50/h1-28,31-33H,29-30H2. The lowest BCUT2D eigenvalue weighted by molar-refractivity contribution is 0.621. The first-order valence-electron chi connectivity index (χ1n) is 19.7. The lowest BCUT2D eigenvalue weighted by Crippen LogP contribution is -2.12. The van der Waals surface area contributed by atoms with Crippen molar-refractivity contribution in [2.75, 3.05) is 4.90 Å². The van der Waals surface area contributed by atoms with Crippen LogP contribution in [0.5, 0.6) is 0 Å². The zero-order valence-corrected chi connectivity index (χ0v) is 31.1. The van der Waals surface area contributed by atoms with E-state index in [2.05, 4.69) is 193 Å². The van der Waals surface area contributed by atoms with Crippen LogP contribution in [0.4, 0.5) is 17.1 Å². The Morgan fingerprint density at radius 3 is 1.95 bits per heavy atom. The van der Waals surface area contributed by atoms with E-state index in [1.54, 1.807) is 0 Å². The number of anilines is 3. The average molecular weight is 730 g/mol. The molecule has 0 bridgehead atoms. The van der Waals surface area contributed by atoms with Gasteiger partial charge in [-0.2, -0.15) is 0 Å². The molecule has 12 rings (SSSR count). The van der Waals surface area contributed by atoms with Crippen molar-refractivity contribution in [1.82, 2.24) is 0 Å². The molecule has 0 spiro atoms. The summed E-state index contributed by atoms with van der Waals surface area (Å²) in [6.07, 6.45) is 1.89. The van der Waals surface area contributed by atoms with Gasteiger partial charge in [0.1, 0.15) is 22.5 Å². The smallest absolute Gasteiger partial charge is 0.138 e. The minimum atomic E-state index is 0.877. The summed E-state index contributed by atoms with van der Waals surface area (Å²) in [6, 6.07) is 67.7. The van der Waals surface area contributed by atoms with E-state index in [4.69, 9.17) is 8.83 Å². The highest BCUT2D eigenvalue weighted by molar-refractivity contribution is 6.17. The Hall–Kier alpha value is -7.36. The van der Waals surface area contributed by atoms with Crippen LogP contribution >= 0.6 is 0 Å². The summed E-state index contributed by atoms with van der Waals surface area (Å²) in [6.45, 7) is 0. The van der Waals surface area contributed by atoms with Gasteiger partial charge in [0.05, 0.1) is 11.4 Å². The van der Waals surface area contributed by atoms with Gasteiger partial charge in [0.25, 0.3) is 0 Å². The molecular weight excluding hydrogens is 695 g/mol. The second-order valence-corrected chi connectivity index (χ2v) is 15.1. The van der Waals surface area contributed by atoms with Gasteiger partial charge in [-0.1, -0.05) is 140 Å². The Balaban J connectivity index is 1.14. The number of benzene rings is 9. The van der Waals surface area contributed by atoms with Gasteiger partial charge in [-0.15, -0.1) is 0 Å². The molecule has 0 atom stereocenters. The zero-order valence-electron chi connectivity index (χ0n) is 31.1. The highest BCUT2D eigenvalue weighted by Gasteiger charge is 2.28. The molecule has 0 unspecified atom stereocenters. The Kier molecular flexibility index (Phi) is 7.05. The summed E-state index contributed by atoms with van der Waals surface area (Å²) in [5.74, 6) is 0.985. The molecule has 0 saturated carbocycles. The van der Waals surface area contributed by atoms with Crippen molar-refractivity contribution < 1.29 is 8.83 Å². The van der Waals surface area contributed by atoms with Crippen molar-refractivity contribution in [3.63, 3.8) is 0 Å². The van der Waals surface area contributed by atoms with Gasteiger partial charge in [0.2, 0.25) is 0 Å². The molecule has 1 aliphatic rings. The van der Waals surface area contributed by atoms with Crippen molar-refractivity contribution in [3.8, 4) is 33.6 Å². The van der Waals surface area contributed by atoms with Crippen molar-refractivity contribution in [1.29, 1.82) is 0 Å². The lowest BCUT2D eigenvalue weighted by Gasteiger charge is -2.29. The minimum Gasteiger partial charge on any atom is -0.456 e. The summed E-state index contributed by atoms with van der Waals surface area (Å²) in [4.78, 5) is 2.46. The predicted molar refractivity (Wildman–Crippen MR) is 237 cm³/mol. The van der Waals surface area contributed by atoms with Crippen LogP contribution in [-0.4, -0.2) is 0 Å². The third kappa shape index (κ3) is 4.99. The number of nitrogens with zero attached hydrogens (tertiary/aromatic N) is 1. The van der Waals surface area contributed by atoms with Gasteiger partial charge < -0.3 is 13.7 Å². The number of hydrogen-bond donors (Lipinski definition) is 0. The second kappa shape index (κ2) is 12.6. The predicted octanol–water partition coefficient (Wildman–Crippen LogP) is 15.2. The molecule has 0 amide bonds. The molecule has 2 aromatic heterocycles. The molecule has 3 heteroatoms. The maximum atomic E-state index is 6.83. The van der Waals surface area contributed by atoms with E-state index < -0.39 is 0 Å². The van der Waals surface area contributed by atoms with E-state index in [9.17, 15) is 0 Å². The Bertz CT molecular complexity index is 3380. The van der Waals surface area contributed by atoms with E-state index in [0.717, 1.165) is 85.3 Å². The molecule has 57 heavy (non-hydrogen) atoms. The first-order chi connectivity index (χ1) is 28.3. The van der Waals surface area contributed by atoms with Gasteiger partial charge in [-0.25, -0.2) is 0 Å². The molecule has 1 aliphatic carbocycles. The van der Waals surface area contributed by atoms with Gasteiger partial charge in [0, 0.05) is 38.5 Å². The van der Waals surface area contributed by atoms with Gasteiger partial charge >= 0.3 is 0 Å². The number of rotatable bonds is 5. The number of furan rings is 2. The van der Waals surface area contributed by atoms with Crippen LogP contribution in [0.3, 0.4) is 0 Å². The van der Waals surface area contributed by atoms with Crippen LogP contribution in [0, 0.1) is 0 Å². The van der Waals surface area contributed by atoms with E-state index in [1.165, 1.54) is 43.8 Å². The number of hydrogen-bond acceptors (Lipinski definition) is 3. The summed E-state index contributed by atoms with van der Waals surface area (Å²) < 4.78 is 13.4. The first kappa shape index (κ1) is 31.9.